The van der Waals surface area contributed by atoms with Crippen LogP contribution in [0.15, 0.2) is 116 Å². The van der Waals surface area contributed by atoms with E-state index in [2.05, 4.69) is 109 Å². The van der Waals surface area contributed by atoms with Crippen LogP contribution in [0.2, 0.25) is 0 Å². The van der Waals surface area contributed by atoms with Crippen LogP contribution in [0.1, 0.15) is 30.1 Å². The topological polar surface area (TPSA) is 22.1 Å². The van der Waals surface area contributed by atoms with Crippen molar-refractivity contribution in [1.29, 1.82) is 0 Å². The molecule has 0 radical (unpaired) electrons. The number of pyridine rings is 1. The minimum absolute atomic E-state index is 0.0410. The number of nitrogens with zero attached hydrogens (tertiary/aromatic N) is 2. The Morgan fingerprint density at radius 3 is 2.33 bits per heavy atom. The highest BCUT2D eigenvalue weighted by Gasteiger charge is 2.54. The lowest BCUT2D eigenvalue weighted by molar-refractivity contribution is -0.984. The van der Waals surface area contributed by atoms with Crippen molar-refractivity contribution in [3.05, 3.63) is 128 Å². The Balaban J connectivity index is 1.41. The van der Waals surface area contributed by atoms with Crippen LogP contribution in [0.3, 0.4) is 0 Å². The Kier molecular flexibility index (Phi) is 6.50. The molecule has 8 rings (SSSR count). The molecule has 3 nitrogen and oxygen atoms in total. The summed E-state index contributed by atoms with van der Waals surface area (Å²) in [4.78, 5) is 4.68. The zero-order valence-electron chi connectivity index (χ0n) is 23.1. The van der Waals surface area contributed by atoms with Crippen molar-refractivity contribution >= 4 is 32.4 Å². The van der Waals surface area contributed by atoms with Crippen LogP contribution in [0.5, 0.6) is 0 Å². The summed E-state index contributed by atoms with van der Waals surface area (Å²) in [5.41, 5.74) is 3.74. The lowest BCUT2D eigenvalue weighted by atomic mass is 9.70. The predicted molar refractivity (Wildman–Crippen MR) is 166 cm³/mol. The fourth-order valence-electron chi connectivity index (χ4n) is 7.90. The number of fused-ring (bicyclic) bond motifs is 6. The van der Waals surface area contributed by atoms with Gasteiger partial charge < -0.3 is 9.22 Å². The third-order valence-electron chi connectivity index (χ3n) is 9.76. The van der Waals surface area contributed by atoms with E-state index in [0.717, 1.165) is 36.1 Å². The van der Waals surface area contributed by atoms with E-state index in [4.69, 9.17) is 4.74 Å². The first-order valence-corrected chi connectivity index (χ1v) is 14.6. The molecule has 0 saturated carbocycles. The lowest BCUT2D eigenvalue weighted by Gasteiger charge is -2.58. The van der Waals surface area contributed by atoms with Crippen LogP contribution in [-0.4, -0.2) is 35.2 Å². The molecule has 200 valence electrons. The van der Waals surface area contributed by atoms with Crippen LogP contribution < -0.4 is 0 Å². The maximum absolute atomic E-state index is 6.80. The van der Waals surface area contributed by atoms with Gasteiger partial charge in [-0.2, -0.15) is 0 Å². The van der Waals surface area contributed by atoms with Gasteiger partial charge in [-0.15, -0.1) is 13.2 Å². The normalized spacial score (nSPS) is 24.9. The van der Waals surface area contributed by atoms with Crippen LogP contribution in [-0.2, 0) is 11.3 Å². The Morgan fingerprint density at radius 2 is 1.60 bits per heavy atom. The number of quaternary nitrogens is 1. The van der Waals surface area contributed by atoms with Gasteiger partial charge in [-0.1, -0.05) is 78.9 Å². The molecule has 3 saturated heterocycles. The van der Waals surface area contributed by atoms with Crippen LogP contribution in [0, 0.1) is 11.8 Å². The minimum Gasteiger partial charge on any atom is -0.363 e. The van der Waals surface area contributed by atoms with Crippen molar-refractivity contribution in [2.75, 3.05) is 19.7 Å². The summed E-state index contributed by atoms with van der Waals surface area (Å²) in [6.07, 6.45) is 8.41. The first-order chi connectivity index (χ1) is 19.7. The van der Waals surface area contributed by atoms with Gasteiger partial charge in [-0.3, -0.25) is 4.98 Å². The zero-order valence-corrected chi connectivity index (χ0v) is 23.1. The van der Waals surface area contributed by atoms with Gasteiger partial charge in [0.2, 0.25) is 0 Å². The fraction of sp³-hybridized carbons (Fsp3) is 0.270. The number of ether oxygens (including phenoxy) is 1. The second-order valence-electron chi connectivity index (χ2n) is 11.8. The van der Waals surface area contributed by atoms with Gasteiger partial charge in [-0.25, -0.2) is 0 Å². The number of piperidine rings is 3. The fourth-order valence-corrected chi connectivity index (χ4v) is 7.90. The summed E-state index contributed by atoms with van der Waals surface area (Å²) in [5.74, 6) is 1.18. The smallest absolute Gasteiger partial charge is 0.135 e. The lowest BCUT2D eigenvalue weighted by Crippen LogP contribution is -2.67. The molecule has 0 N–H and O–H groups in total. The van der Waals surface area contributed by atoms with E-state index < -0.39 is 0 Å². The molecule has 0 spiro atoms. The van der Waals surface area contributed by atoms with Crippen LogP contribution >= 0.6 is 0 Å². The number of hydrogen-bond donors (Lipinski definition) is 0. The third-order valence-corrected chi connectivity index (χ3v) is 9.76. The molecule has 3 aliphatic rings. The first-order valence-electron chi connectivity index (χ1n) is 14.6. The van der Waals surface area contributed by atoms with Crippen molar-refractivity contribution < 1.29 is 9.22 Å². The van der Waals surface area contributed by atoms with Gasteiger partial charge in [-0.05, 0) is 51.2 Å². The maximum Gasteiger partial charge on any atom is 0.135 e. The van der Waals surface area contributed by atoms with Gasteiger partial charge in [0.25, 0.3) is 0 Å². The van der Waals surface area contributed by atoms with E-state index in [0.29, 0.717) is 24.5 Å². The number of rotatable bonds is 8. The molecular weight excluding hydrogens is 488 g/mol. The summed E-state index contributed by atoms with van der Waals surface area (Å²) in [7, 11) is 0. The van der Waals surface area contributed by atoms with Crippen LogP contribution in [0.25, 0.3) is 32.4 Å². The maximum atomic E-state index is 6.80. The second kappa shape index (κ2) is 10.3. The summed E-state index contributed by atoms with van der Waals surface area (Å²) in [6, 6.07) is 31.2. The Hall–Kier alpha value is -3.79. The predicted octanol–water partition coefficient (Wildman–Crippen LogP) is 8.40. The molecule has 0 aliphatic carbocycles. The number of aromatic nitrogens is 1. The molecule has 0 unspecified atom stereocenters. The summed E-state index contributed by atoms with van der Waals surface area (Å²) in [5, 5.41) is 6.56. The van der Waals surface area contributed by atoms with Gasteiger partial charge in [0.15, 0.2) is 0 Å². The van der Waals surface area contributed by atoms with Gasteiger partial charge in [0, 0.05) is 35.9 Å². The Morgan fingerprint density at radius 1 is 0.900 bits per heavy atom. The molecule has 2 bridgehead atoms. The highest BCUT2D eigenvalue weighted by atomic mass is 16.5. The van der Waals surface area contributed by atoms with E-state index in [9.17, 15) is 0 Å². The molecular formula is C37H37N2O+. The number of benzene rings is 4. The van der Waals surface area contributed by atoms with Gasteiger partial charge in [0.1, 0.15) is 18.7 Å². The van der Waals surface area contributed by atoms with Crippen molar-refractivity contribution in [3.63, 3.8) is 0 Å². The molecule has 40 heavy (non-hydrogen) atoms. The largest absolute Gasteiger partial charge is 0.363 e. The average Bonchev–Trinajstić information content (AvgIpc) is 3.01. The quantitative estimate of drug-likeness (QED) is 0.115. The molecule has 3 heteroatoms. The standard InChI is InChI=1S/C37H37N2O/c1-3-21-40-37(33-17-19-38-35-16-10-9-15-32(33)35)36-23-27-18-20-39(36,24-26(27)4-2)25-34-30-13-7-5-11-28(30)22-29-12-6-8-14-31(29)34/h3-17,19,22,26-27,36-37H,1-2,18,20-21,23-25H2/q+1/t26-,27-,36+,37-,39+/m1/s1. The molecule has 1 aromatic heterocycles. The minimum atomic E-state index is -0.0410. The highest BCUT2D eigenvalue weighted by Crippen LogP contribution is 2.50. The SMILES string of the molecule is C=CCO[C@H](c1ccnc2ccccc12)[C@@H]1C[C@H]2CC[N@@+]1(Cc1c3ccccc3cc3ccccc13)C[C@H]2C=C. The summed E-state index contributed by atoms with van der Waals surface area (Å²) >= 11 is 0. The number of hydrogen-bond acceptors (Lipinski definition) is 2. The van der Waals surface area contributed by atoms with E-state index in [-0.39, 0.29) is 6.10 Å². The average molecular weight is 526 g/mol. The Labute approximate surface area is 237 Å². The van der Waals surface area contributed by atoms with E-state index in [1.165, 1.54) is 44.5 Å². The third kappa shape index (κ3) is 4.16. The summed E-state index contributed by atoms with van der Waals surface area (Å²) < 4.78 is 7.81. The van der Waals surface area contributed by atoms with Crippen molar-refractivity contribution in [2.45, 2.75) is 31.5 Å². The highest BCUT2D eigenvalue weighted by molar-refractivity contribution is 6.02. The van der Waals surface area contributed by atoms with E-state index >= 15 is 0 Å². The monoisotopic (exact) mass is 525 g/mol. The molecule has 4 heterocycles. The molecule has 5 aromatic rings. The van der Waals surface area contributed by atoms with Crippen molar-refractivity contribution in [3.8, 4) is 0 Å². The second-order valence-corrected chi connectivity index (χ2v) is 11.8. The zero-order chi connectivity index (χ0) is 27.1. The molecule has 4 aromatic carbocycles. The van der Waals surface area contributed by atoms with Crippen LogP contribution in [0.4, 0.5) is 0 Å². The Bertz CT molecular complexity index is 1670. The first kappa shape index (κ1) is 25.2. The molecule has 0 amide bonds. The number of para-hydroxylation sites is 1. The summed E-state index contributed by atoms with van der Waals surface area (Å²) in [6.45, 7) is 12.1. The van der Waals surface area contributed by atoms with E-state index in [1.54, 1.807) is 0 Å². The van der Waals surface area contributed by atoms with E-state index in [1.807, 2.05) is 12.3 Å². The van der Waals surface area contributed by atoms with Crippen molar-refractivity contribution in [1.82, 2.24) is 4.98 Å². The molecule has 5 atom stereocenters. The van der Waals surface area contributed by atoms with Gasteiger partial charge >= 0.3 is 0 Å². The van der Waals surface area contributed by atoms with Crippen molar-refractivity contribution in [2.24, 2.45) is 11.8 Å². The molecule has 3 aliphatic heterocycles. The molecule has 3 fully saturated rings. The van der Waals surface area contributed by atoms with Gasteiger partial charge in [0.05, 0.1) is 25.2 Å².